The van der Waals surface area contributed by atoms with Gasteiger partial charge in [-0.3, -0.25) is 9.59 Å². The van der Waals surface area contributed by atoms with Crippen LogP contribution in [0.15, 0.2) is 0 Å². The van der Waals surface area contributed by atoms with Crippen LogP contribution >= 0.6 is 0 Å². The number of hydrogen-bond donors (Lipinski definition) is 2. The summed E-state index contributed by atoms with van der Waals surface area (Å²) in [6.45, 7) is 2.66. The van der Waals surface area contributed by atoms with Crippen LogP contribution in [0.5, 0.6) is 0 Å². The zero-order valence-corrected chi connectivity index (χ0v) is 8.85. The molecule has 85 valence electrons. The van der Waals surface area contributed by atoms with Crippen molar-refractivity contribution in [3.8, 4) is 0 Å². The summed E-state index contributed by atoms with van der Waals surface area (Å²) >= 11 is 0. The van der Waals surface area contributed by atoms with Crippen LogP contribution in [0, 0.1) is 12.3 Å². The molecule has 5 heteroatoms. The van der Waals surface area contributed by atoms with Gasteiger partial charge in [-0.05, 0) is 12.8 Å². The lowest BCUT2D eigenvalue weighted by Crippen LogP contribution is -2.31. The fourth-order valence-electron chi connectivity index (χ4n) is 1.46. The minimum atomic E-state index is -0.407. The molecule has 1 saturated heterocycles. The number of carbonyl (C=O) groups is 2. The van der Waals surface area contributed by atoms with E-state index in [4.69, 9.17) is 5.73 Å². The second-order valence-electron chi connectivity index (χ2n) is 3.97. The van der Waals surface area contributed by atoms with Gasteiger partial charge in [0.2, 0.25) is 11.8 Å². The van der Waals surface area contributed by atoms with E-state index in [2.05, 4.69) is 0 Å². The minimum absolute atomic E-state index is 0.125. The number of primary amides is 1. The third-order valence-electron chi connectivity index (χ3n) is 2.61. The monoisotopic (exact) mass is 213 g/mol. The number of carbonyl (C=O) groups excluding carboxylic acids is 2. The molecule has 1 fully saturated rings. The second kappa shape index (κ2) is 5.11. The van der Waals surface area contributed by atoms with Crippen LogP contribution in [0.1, 0.15) is 19.8 Å². The van der Waals surface area contributed by atoms with Gasteiger partial charge in [0.25, 0.3) is 0 Å². The summed E-state index contributed by atoms with van der Waals surface area (Å²) in [5.41, 5.74) is 5.07. The largest absolute Gasteiger partial charge is 0.391 e. The van der Waals surface area contributed by atoms with Gasteiger partial charge in [-0.25, -0.2) is 0 Å². The van der Waals surface area contributed by atoms with Crippen molar-refractivity contribution in [2.45, 2.75) is 25.9 Å². The van der Waals surface area contributed by atoms with Gasteiger partial charge in [0.15, 0.2) is 0 Å². The lowest BCUT2D eigenvalue weighted by atomic mass is 10.0. The van der Waals surface area contributed by atoms with Crippen LogP contribution in [0.2, 0.25) is 0 Å². The van der Waals surface area contributed by atoms with E-state index in [1.165, 1.54) is 6.42 Å². The van der Waals surface area contributed by atoms with Crippen molar-refractivity contribution in [3.05, 3.63) is 6.42 Å². The van der Waals surface area contributed by atoms with E-state index in [9.17, 15) is 14.7 Å². The molecule has 1 unspecified atom stereocenters. The predicted molar refractivity (Wildman–Crippen MR) is 54.5 cm³/mol. The number of hydrogen-bond acceptors (Lipinski definition) is 3. The maximum Gasteiger partial charge on any atom is 0.226 e. The first-order valence-corrected chi connectivity index (χ1v) is 5.10. The molecule has 2 atom stereocenters. The van der Waals surface area contributed by atoms with E-state index in [1.54, 1.807) is 11.8 Å². The molecule has 0 aromatic carbocycles. The molecule has 5 nitrogen and oxygen atoms in total. The van der Waals surface area contributed by atoms with E-state index in [0.29, 0.717) is 25.9 Å². The van der Waals surface area contributed by atoms with Gasteiger partial charge in [-0.15, -0.1) is 0 Å². The molecular formula is C10H17N2O3. The number of β-amino-alcohol motifs (C(OH)–C–C–N with tert-alkyl or cyclic N) is 1. The Hall–Kier alpha value is -1.10. The van der Waals surface area contributed by atoms with Crippen molar-refractivity contribution >= 4 is 11.8 Å². The average Bonchev–Trinajstić information content (AvgIpc) is 2.60. The number of likely N-dealkylation sites (tertiary alicyclic amines) is 1. The number of aliphatic hydroxyl groups excluding tert-OH is 1. The Morgan fingerprint density at radius 1 is 1.67 bits per heavy atom. The van der Waals surface area contributed by atoms with E-state index in [1.807, 2.05) is 0 Å². The first-order valence-electron chi connectivity index (χ1n) is 5.10. The van der Waals surface area contributed by atoms with Crippen LogP contribution in [0.25, 0.3) is 0 Å². The molecule has 1 radical (unpaired) electrons. The molecule has 0 spiro atoms. The van der Waals surface area contributed by atoms with Crippen LogP contribution in [0.4, 0.5) is 0 Å². The Labute approximate surface area is 89.2 Å². The molecule has 1 aliphatic rings. The Bertz CT molecular complexity index is 255. The molecule has 3 N–H and O–H groups in total. The zero-order valence-electron chi connectivity index (χ0n) is 8.85. The molecular weight excluding hydrogens is 196 g/mol. The summed E-state index contributed by atoms with van der Waals surface area (Å²) in [5.74, 6) is -0.846. The molecule has 1 rings (SSSR count). The maximum absolute atomic E-state index is 11.5. The number of nitrogens with two attached hydrogens (primary N) is 1. The van der Waals surface area contributed by atoms with Gasteiger partial charge in [0.05, 0.1) is 12.5 Å². The summed E-state index contributed by atoms with van der Waals surface area (Å²) in [6.07, 6.45) is 2.05. The summed E-state index contributed by atoms with van der Waals surface area (Å²) in [4.78, 5) is 23.8. The first-order chi connectivity index (χ1) is 7.00. The average molecular weight is 213 g/mol. The highest BCUT2D eigenvalue weighted by molar-refractivity contribution is 5.86. The Morgan fingerprint density at radius 3 is 2.80 bits per heavy atom. The molecule has 0 aliphatic carbocycles. The molecule has 0 bridgehead atoms. The lowest BCUT2D eigenvalue weighted by molar-refractivity contribution is -0.127. The van der Waals surface area contributed by atoms with Crippen molar-refractivity contribution < 1.29 is 14.7 Å². The molecule has 1 heterocycles. The number of rotatable bonds is 4. The van der Waals surface area contributed by atoms with E-state index in [0.717, 1.165) is 0 Å². The third kappa shape index (κ3) is 3.51. The first kappa shape index (κ1) is 12.0. The van der Waals surface area contributed by atoms with Gasteiger partial charge in [0.1, 0.15) is 0 Å². The van der Waals surface area contributed by atoms with Crippen LogP contribution < -0.4 is 5.73 Å². The van der Waals surface area contributed by atoms with E-state index < -0.39 is 12.0 Å². The molecule has 0 aromatic rings. The third-order valence-corrected chi connectivity index (χ3v) is 2.61. The van der Waals surface area contributed by atoms with Crippen molar-refractivity contribution in [2.24, 2.45) is 11.7 Å². The number of amides is 2. The van der Waals surface area contributed by atoms with Gasteiger partial charge in [-0.2, -0.15) is 0 Å². The van der Waals surface area contributed by atoms with E-state index in [-0.39, 0.29) is 11.8 Å². The Balaban J connectivity index is 2.27. The van der Waals surface area contributed by atoms with Crippen LogP contribution in [-0.2, 0) is 9.59 Å². The SMILES string of the molecule is CC(C[CH]C(=O)N1CC[C@H](O)C1)C(N)=O. The van der Waals surface area contributed by atoms with Gasteiger partial charge < -0.3 is 15.7 Å². The summed E-state index contributed by atoms with van der Waals surface area (Å²) in [7, 11) is 0. The Morgan fingerprint density at radius 2 is 2.33 bits per heavy atom. The quantitative estimate of drug-likeness (QED) is 0.647. The van der Waals surface area contributed by atoms with Gasteiger partial charge in [0, 0.05) is 19.0 Å². The van der Waals surface area contributed by atoms with Crippen molar-refractivity contribution in [1.29, 1.82) is 0 Å². The molecule has 2 amide bonds. The molecule has 0 aromatic heterocycles. The van der Waals surface area contributed by atoms with Crippen molar-refractivity contribution in [1.82, 2.24) is 4.90 Å². The fourth-order valence-corrected chi connectivity index (χ4v) is 1.46. The summed E-state index contributed by atoms with van der Waals surface area (Å²) < 4.78 is 0. The van der Waals surface area contributed by atoms with Crippen molar-refractivity contribution in [3.63, 3.8) is 0 Å². The molecule has 15 heavy (non-hydrogen) atoms. The highest BCUT2D eigenvalue weighted by atomic mass is 16.3. The highest BCUT2D eigenvalue weighted by Crippen LogP contribution is 2.12. The predicted octanol–water partition coefficient (Wildman–Crippen LogP) is -0.705. The summed E-state index contributed by atoms with van der Waals surface area (Å²) in [5, 5.41) is 9.23. The second-order valence-corrected chi connectivity index (χ2v) is 3.97. The fraction of sp³-hybridized carbons (Fsp3) is 0.700. The number of nitrogens with zero attached hydrogens (tertiary/aromatic N) is 1. The van der Waals surface area contributed by atoms with Gasteiger partial charge >= 0.3 is 0 Å². The normalized spacial score (nSPS) is 22.8. The number of aliphatic hydroxyl groups is 1. The Kier molecular flexibility index (Phi) is 4.08. The molecule has 1 aliphatic heterocycles. The standard InChI is InChI=1S/C10H17N2O3/c1-7(10(11)15)2-3-9(14)12-5-4-8(13)6-12/h3,7-8,13H,2,4-6H2,1H3,(H2,11,15)/t7?,8-/m0/s1. The highest BCUT2D eigenvalue weighted by Gasteiger charge is 2.24. The summed E-state index contributed by atoms with van der Waals surface area (Å²) in [6, 6.07) is 0. The van der Waals surface area contributed by atoms with E-state index >= 15 is 0 Å². The van der Waals surface area contributed by atoms with Crippen molar-refractivity contribution in [2.75, 3.05) is 13.1 Å². The lowest BCUT2D eigenvalue weighted by Gasteiger charge is -2.15. The zero-order chi connectivity index (χ0) is 11.4. The van der Waals surface area contributed by atoms with Crippen LogP contribution in [0.3, 0.4) is 0 Å². The maximum atomic E-state index is 11.5. The minimum Gasteiger partial charge on any atom is -0.391 e. The van der Waals surface area contributed by atoms with Gasteiger partial charge in [-0.1, -0.05) is 6.92 Å². The topological polar surface area (TPSA) is 83.6 Å². The molecule has 0 saturated carbocycles. The van der Waals surface area contributed by atoms with Crippen LogP contribution in [-0.4, -0.2) is 41.0 Å². The smallest absolute Gasteiger partial charge is 0.226 e.